The molecule has 0 aromatic rings. The van der Waals surface area contributed by atoms with Crippen LogP contribution in [0.1, 0.15) is 0 Å². The van der Waals surface area contributed by atoms with E-state index in [9.17, 15) is 0 Å². The Balaban J connectivity index is 1.75. The molecule has 3 heteroatoms. The average molecular weight is 363 g/mol. The first-order valence-corrected chi connectivity index (χ1v) is 14.1. The fourth-order valence-corrected chi connectivity index (χ4v) is 16.7. The van der Waals surface area contributed by atoms with E-state index in [0.717, 1.165) is 11.3 Å². The van der Waals surface area contributed by atoms with Crippen LogP contribution in [-0.2, 0) is 0 Å². The first-order chi connectivity index (χ1) is 6.45. The molecule has 64 valence electrons. The van der Waals surface area contributed by atoms with Gasteiger partial charge in [0.25, 0.3) is 0 Å². The SMILES string of the molecule is C1=CC=CC=1[Se][Se][Se]C1=C=CC=C1. The van der Waals surface area contributed by atoms with Gasteiger partial charge in [-0.1, -0.05) is 0 Å². The van der Waals surface area contributed by atoms with E-state index < -0.39 is 0 Å². The summed E-state index contributed by atoms with van der Waals surface area (Å²) in [5.74, 6) is 0. The van der Waals surface area contributed by atoms with E-state index in [4.69, 9.17) is 0 Å². The molecule has 2 rings (SSSR count). The van der Waals surface area contributed by atoms with Gasteiger partial charge in [-0.25, -0.2) is 0 Å². The second-order valence-electron chi connectivity index (χ2n) is 2.30. The van der Waals surface area contributed by atoms with E-state index >= 15 is 0 Å². The third-order valence-corrected chi connectivity index (χ3v) is 16.6. The number of hydrogen-bond acceptors (Lipinski definition) is 0. The molecule has 2 aliphatic rings. The molecule has 0 fully saturated rings. The van der Waals surface area contributed by atoms with E-state index in [2.05, 4.69) is 35.8 Å². The van der Waals surface area contributed by atoms with Gasteiger partial charge in [-0.15, -0.1) is 0 Å². The fraction of sp³-hybridized carbons (Fsp3) is 0. The van der Waals surface area contributed by atoms with Crippen LogP contribution in [0.2, 0.25) is 0 Å². The summed E-state index contributed by atoms with van der Waals surface area (Å²) < 4.78 is 2.86. The second-order valence-corrected chi connectivity index (χ2v) is 18.0. The summed E-state index contributed by atoms with van der Waals surface area (Å²) in [4.78, 5) is 0. The average Bonchev–Trinajstić information content (AvgIpc) is 2.75. The summed E-state index contributed by atoms with van der Waals surface area (Å²) in [6, 6.07) is 0. The van der Waals surface area contributed by atoms with Crippen molar-refractivity contribution < 1.29 is 0 Å². The van der Waals surface area contributed by atoms with E-state index in [1.807, 2.05) is 12.2 Å². The topological polar surface area (TPSA) is 0 Å². The number of allylic oxidation sites excluding steroid dienone is 6. The second kappa shape index (κ2) is 5.08. The molecule has 0 radical (unpaired) electrons. The van der Waals surface area contributed by atoms with Crippen LogP contribution in [0.5, 0.6) is 0 Å². The van der Waals surface area contributed by atoms with Crippen molar-refractivity contribution in [3.63, 3.8) is 0 Å². The van der Waals surface area contributed by atoms with Crippen molar-refractivity contribution in [2.75, 3.05) is 0 Å². The summed E-state index contributed by atoms with van der Waals surface area (Å²) in [7, 11) is 0. The fourth-order valence-electron chi connectivity index (χ4n) is 0.822. The molecule has 0 atom stereocenters. The molecule has 0 aromatic carbocycles. The van der Waals surface area contributed by atoms with Crippen LogP contribution in [-0.4, -0.2) is 37.6 Å². The molecule has 0 aromatic heterocycles. The van der Waals surface area contributed by atoms with Crippen molar-refractivity contribution in [2.24, 2.45) is 0 Å². The van der Waals surface area contributed by atoms with Gasteiger partial charge < -0.3 is 0 Å². The predicted molar refractivity (Wildman–Crippen MR) is 58.7 cm³/mol. The van der Waals surface area contributed by atoms with Crippen molar-refractivity contribution in [2.45, 2.75) is 0 Å². The molecule has 0 spiro atoms. The zero-order valence-corrected chi connectivity index (χ0v) is 11.8. The Bertz CT molecular complexity index is 348. The van der Waals surface area contributed by atoms with Gasteiger partial charge in [0.05, 0.1) is 0 Å². The standard InChI is InChI=1S/C10H6Se3/c1-2-6-9(5-1)11-13-12-10-7-3-4-8-10/h1-5,7H. The molecule has 0 unspecified atom stereocenters. The first kappa shape index (κ1) is 9.63. The quantitative estimate of drug-likeness (QED) is 0.520. The van der Waals surface area contributed by atoms with Gasteiger partial charge in [-0.05, 0) is 0 Å². The third kappa shape index (κ3) is 3.04. The Morgan fingerprint density at radius 1 is 0.846 bits per heavy atom. The minimum absolute atomic E-state index is 0.682. The molecule has 0 amide bonds. The molecular weight excluding hydrogens is 357 g/mol. The van der Waals surface area contributed by atoms with Crippen LogP contribution in [0.4, 0.5) is 0 Å². The van der Waals surface area contributed by atoms with Crippen LogP contribution >= 0.6 is 0 Å². The predicted octanol–water partition coefficient (Wildman–Crippen LogP) is 1.15. The summed E-state index contributed by atoms with van der Waals surface area (Å²) in [5, 5.41) is 0. The first-order valence-electron chi connectivity index (χ1n) is 3.73. The van der Waals surface area contributed by atoms with Crippen LogP contribution in [0.3, 0.4) is 0 Å². The molecule has 2 aliphatic carbocycles. The van der Waals surface area contributed by atoms with Crippen LogP contribution < -0.4 is 0 Å². The Kier molecular flexibility index (Phi) is 3.76. The normalized spacial score (nSPS) is 16.9. The van der Waals surface area contributed by atoms with Crippen molar-refractivity contribution in [1.29, 1.82) is 0 Å². The van der Waals surface area contributed by atoms with Crippen molar-refractivity contribution in [3.05, 3.63) is 56.9 Å². The van der Waals surface area contributed by atoms with E-state index in [-0.39, 0.29) is 0 Å². The zero-order chi connectivity index (χ0) is 8.93. The van der Waals surface area contributed by atoms with Gasteiger partial charge in [0.1, 0.15) is 0 Å². The zero-order valence-electron chi connectivity index (χ0n) is 6.69. The van der Waals surface area contributed by atoms with Crippen molar-refractivity contribution in [1.82, 2.24) is 0 Å². The maximum absolute atomic E-state index is 3.26. The van der Waals surface area contributed by atoms with Crippen LogP contribution in [0, 0.1) is 0 Å². The van der Waals surface area contributed by atoms with Crippen molar-refractivity contribution in [3.8, 4) is 0 Å². The summed E-state index contributed by atoms with van der Waals surface area (Å²) >= 11 is 2.15. The molecule has 0 bridgehead atoms. The molecule has 0 saturated carbocycles. The van der Waals surface area contributed by atoms with Crippen LogP contribution in [0.25, 0.3) is 0 Å². The molecule has 0 heterocycles. The Morgan fingerprint density at radius 3 is 1.77 bits per heavy atom. The molecule has 0 nitrogen and oxygen atoms in total. The van der Waals surface area contributed by atoms with Gasteiger partial charge >= 0.3 is 94.4 Å². The van der Waals surface area contributed by atoms with Gasteiger partial charge in [0.15, 0.2) is 0 Å². The molecule has 0 aliphatic heterocycles. The molecule has 13 heavy (non-hydrogen) atoms. The van der Waals surface area contributed by atoms with Gasteiger partial charge in [-0.3, -0.25) is 0 Å². The molecule has 0 saturated heterocycles. The van der Waals surface area contributed by atoms with Crippen LogP contribution in [0.15, 0.2) is 56.9 Å². The Labute approximate surface area is 93.8 Å². The van der Waals surface area contributed by atoms with E-state index in [1.54, 1.807) is 0 Å². The third-order valence-electron chi connectivity index (χ3n) is 1.39. The molecular formula is C10H6Se3. The number of rotatable bonds is 4. The number of hydrogen-bond donors (Lipinski definition) is 0. The van der Waals surface area contributed by atoms with Gasteiger partial charge in [-0.2, -0.15) is 0 Å². The van der Waals surface area contributed by atoms with Gasteiger partial charge in [0.2, 0.25) is 0 Å². The summed E-state index contributed by atoms with van der Waals surface area (Å²) in [6.07, 6.45) is 12.5. The molecule has 0 N–H and O–H groups in total. The van der Waals surface area contributed by atoms with Gasteiger partial charge in [0, 0.05) is 0 Å². The van der Waals surface area contributed by atoms with E-state index in [1.165, 1.54) is 8.94 Å². The Hall–Kier alpha value is 0.0784. The maximum atomic E-state index is 3.26. The Morgan fingerprint density at radius 2 is 1.38 bits per heavy atom. The van der Waals surface area contributed by atoms with Crippen molar-refractivity contribution >= 4 is 37.6 Å². The minimum atomic E-state index is 0.682. The summed E-state index contributed by atoms with van der Waals surface area (Å²) in [6.45, 7) is 0. The monoisotopic (exact) mass is 366 g/mol. The summed E-state index contributed by atoms with van der Waals surface area (Å²) in [5.41, 5.74) is 6.52. The van der Waals surface area contributed by atoms with E-state index in [0.29, 0.717) is 26.3 Å².